The smallest absolute Gasteiger partial charge is 0.322 e. The van der Waals surface area contributed by atoms with Gasteiger partial charge in [0.05, 0.1) is 13.7 Å². The Labute approximate surface area is 194 Å². The van der Waals surface area contributed by atoms with Crippen molar-refractivity contribution in [2.24, 2.45) is 0 Å². The predicted octanol–water partition coefficient (Wildman–Crippen LogP) is 1.52. The molecular weight excluding hydrogens is 442 g/mol. The van der Waals surface area contributed by atoms with E-state index in [9.17, 15) is 19.2 Å². The first-order valence-corrected chi connectivity index (χ1v) is 10.4. The van der Waals surface area contributed by atoms with E-state index in [0.29, 0.717) is 34.7 Å². The van der Waals surface area contributed by atoms with E-state index < -0.39 is 11.6 Å². The third-order valence-corrected chi connectivity index (χ3v) is 5.66. The Balaban J connectivity index is 1.69. The van der Waals surface area contributed by atoms with Crippen LogP contribution in [-0.2, 0) is 16.9 Å². The number of hydrogen-bond donors (Lipinski definition) is 3. The number of carbonyl (C=O) groups is 4. The Morgan fingerprint density at radius 1 is 1.26 bits per heavy atom. The number of aromatic nitrogens is 1. The van der Waals surface area contributed by atoms with Crippen molar-refractivity contribution in [3.63, 3.8) is 0 Å². The lowest BCUT2D eigenvalue weighted by atomic mass is 9.98. The lowest BCUT2D eigenvalue weighted by Crippen LogP contribution is -2.53. The molecule has 0 radical (unpaired) electrons. The van der Waals surface area contributed by atoms with Crippen molar-refractivity contribution in [1.29, 1.82) is 0 Å². The minimum Gasteiger partial charge on any atom is -0.497 e. The number of amides is 5. The van der Waals surface area contributed by atoms with Crippen LogP contribution in [0.1, 0.15) is 39.1 Å². The minimum absolute atomic E-state index is 0.0389. The molecule has 3 aromatic rings. The van der Waals surface area contributed by atoms with Crippen LogP contribution in [0.15, 0.2) is 40.8 Å². The number of carbonyl (C=O) groups excluding carboxylic acids is 4. The van der Waals surface area contributed by atoms with Crippen molar-refractivity contribution in [3.8, 4) is 5.75 Å². The summed E-state index contributed by atoms with van der Waals surface area (Å²) in [6, 6.07) is 9.23. The number of ether oxygens (including phenoxy) is 1. The largest absolute Gasteiger partial charge is 0.497 e. The third-order valence-electron chi connectivity index (χ3n) is 5.66. The maximum absolute atomic E-state index is 13.1. The molecule has 0 saturated carbocycles. The second-order valence-corrected chi connectivity index (χ2v) is 8.00. The van der Waals surface area contributed by atoms with Crippen molar-refractivity contribution in [1.82, 2.24) is 25.8 Å². The summed E-state index contributed by atoms with van der Waals surface area (Å²) in [7, 11) is 3.03. The molecule has 0 bridgehead atoms. The van der Waals surface area contributed by atoms with Gasteiger partial charge in [-0.1, -0.05) is 6.07 Å². The third kappa shape index (κ3) is 4.15. The molecule has 1 aliphatic rings. The maximum atomic E-state index is 13.1. The van der Waals surface area contributed by atoms with Gasteiger partial charge in [0.1, 0.15) is 28.3 Å². The molecular formula is C23H23N5O6. The summed E-state index contributed by atoms with van der Waals surface area (Å²) in [5, 5.41) is 7.27. The number of pyridine rings is 1. The average Bonchev–Trinajstić information content (AvgIpc) is 3.39. The number of rotatable bonds is 7. The number of urea groups is 1. The molecule has 0 aliphatic carbocycles. The Hall–Kier alpha value is -4.41. The molecule has 11 heteroatoms. The minimum atomic E-state index is -1.23. The number of imide groups is 1. The van der Waals surface area contributed by atoms with Gasteiger partial charge in [-0.3, -0.25) is 19.7 Å². The molecule has 5 amide bonds. The SMILES string of the molecule is CNC(=O)c1ccc2oc([C@](C)(CN3Cc4ccc(OC)cc4C3=O)NC(=O)NC=O)cc2n1. The molecule has 3 N–H and O–H groups in total. The van der Waals surface area contributed by atoms with E-state index in [0.717, 1.165) is 5.56 Å². The van der Waals surface area contributed by atoms with Gasteiger partial charge >= 0.3 is 6.03 Å². The molecule has 1 aliphatic heterocycles. The van der Waals surface area contributed by atoms with Gasteiger partial charge in [-0.05, 0) is 36.8 Å². The highest BCUT2D eigenvalue weighted by molar-refractivity contribution is 5.99. The quantitative estimate of drug-likeness (QED) is 0.449. The Morgan fingerprint density at radius 2 is 2.06 bits per heavy atom. The molecule has 34 heavy (non-hydrogen) atoms. The fourth-order valence-corrected chi connectivity index (χ4v) is 3.95. The predicted molar refractivity (Wildman–Crippen MR) is 120 cm³/mol. The summed E-state index contributed by atoms with van der Waals surface area (Å²) in [5.41, 5.74) is 1.11. The van der Waals surface area contributed by atoms with E-state index in [1.165, 1.54) is 20.2 Å². The monoisotopic (exact) mass is 465 g/mol. The summed E-state index contributed by atoms with van der Waals surface area (Å²) in [4.78, 5) is 54.0. The van der Waals surface area contributed by atoms with Crippen molar-refractivity contribution in [2.75, 3.05) is 20.7 Å². The van der Waals surface area contributed by atoms with Gasteiger partial charge < -0.3 is 24.7 Å². The Kier molecular flexibility index (Phi) is 5.93. The van der Waals surface area contributed by atoms with Crippen LogP contribution in [0.4, 0.5) is 4.79 Å². The normalized spacial score (nSPS) is 14.3. The van der Waals surface area contributed by atoms with Crippen LogP contribution in [0.5, 0.6) is 5.75 Å². The zero-order valence-electron chi connectivity index (χ0n) is 18.8. The summed E-state index contributed by atoms with van der Waals surface area (Å²) in [6.45, 7) is 2.03. The Bertz CT molecular complexity index is 1300. The molecule has 0 spiro atoms. The van der Waals surface area contributed by atoms with Gasteiger partial charge in [-0.2, -0.15) is 0 Å². The number of hydrogen-bond acceptors (Lipinski definition) is 7. The van der Waals surface area contributed by atoms with Crippen LogP contribution < -0.4 is 20.7 Å². The second kappa shape index (κ2) is 8.85. The van der Waals surface area contributed by atoms with E-state index in [-0.39, 0.29) is 30.5 Å². The number of nitrogens with one attached hydrogen (secondary N) is 3. The molecule has 176 valence electrons. The van der Waals surface area contributed by atoms with Gasteiger partial charge in [0.15, 0.2) is 5.58 Å². The number of methoxy groups -OCH3 is 1. The molecule has 1 aromatic carbocycles. The van der Waals surface area contributed by atoms with E-state index in [1.54, 1.807) is 36.1 Å². The Morgan fingerprint density at radius 3 is 2.76 bits per heavy atom. The summed E-state index contributed by atoms with van der Waals surface area (Å²) >= 11 is 0. The van der Waals surface area contributed by atoms with Gasteiger partial charge in [0.25, 0.3) is 11.8 Å². The van der Waals surface area contributed by atoms with Crippen molar-refractivity contribution in [3.05, 3.63) is 59.0 Å². The number of fused-ring (bicyclic) bond motifs is 2. The highest BCUT2D eigenvalue weighted by Gasteiger charge is 2.39. The van der Waals surface area contributed by atoms with Crippen molar-refractivity contribution < 1.29 is 28.3 Å². The highest BCUT2D eigenvalue weighted by atomic mass is 16.5. The molecule has 0 fully saturated rings. The van der Waals surface area contributed by atoms with E-state index in [2.05, 4.69) is 15.6 Å². The molecule has 1 atom stereocenters. The summed E-state index contributed by atoms with van der Waals surface area (Å²) < 4.78 is 11.2. The van der Waals surface area contributed by atoms with Crippen LogP contribution in [0.2, 0.25) is 0 Å². The molecule has 4 rings (SSSR count). The standard InChI is InChI=1S/C23H23N5O6/c1-23(27-22(32)25-12-29,11-28-10-13-4-5-14(33-3)8-15(13)21(28)31)19-9-17-18(34-19)7-6-16(26-17)20(30)24-2/h4-9,12H,10-11H2,1-3H3,(H,24,30)(H2,25,27,29,32)/t23-/m0/s1. The van der Waals surface area contributed by atoms with Gasteiger partial charge in [-0.25, -0.2) is 9.78 Å². The van der Waals surface area contributed by atoms with Crippen LogP contribution in [0, 0.1) is 0 Å². The van der Waals surface area contributed by atoms with Gasteiger partial charge in [0, 0.05) is 25.2 Å². The lowest BCUT2D eigenvalue weighted by Gasteiger charge is -2.32. The maximum Gasteiger partial charge on any atom is 0.322 e. The molecule has 3 heterocycles. The first-order chi connectivity index (χ1) is 16.3. The summed E-state index contributed by atoms with van der Waals surface area (Å²) in [6.07, 6.45) is 0.259. The molecule has 2 aromatic heterocycles. The molecule has 11 nitrogen and oxygen atoms in total. The van der Waals surface area contributed by atoms with Gasteiger partial charge in [-0.15, -0.1) is 0 Å². The first-order valence-electron chi connectivity index (χ1n) is 10.4. The van der Waals surface area contributed by atoms with E-state index >= 15 is 0 Å². The van der Waals surface area contributed by atoms with Crippen LogP contribution in [0.25, 0.3) is 11.1 Å². The van der Waals surface area contributed by atoms with Crippen molar-refractivity contribution >= 4 is 35.4 Å². The van der Waals surface area contributed by atoms with Crippen LogP contribution in [-0.4, -0.2) is 54.8 Å². The fourth-order valence-electron chi connectivity index (χ4n) is 3.95. The topological polar surface area (TPSA) is 143 Å². The highest BCUT2D eigenvalue weighted by Crippen LogP contribution is 2.33. The van der Waals surface area contributed by atoms with E-state index in [1.807, 2.05) is 11.4 Å². The number of nitrogens with zero attached hydrogens (tertiary/aromatic N) is 2. The number of furan rings is 1. The lowest BCUT2D eigenvalue weighted by molar-refractivity contribution is -0.108. The zero-order valence-corrected chi connectivity index (χ0v) is 18.8. The first kappa shape index (κ1) is 22.8. The molecule has 0 saturated heterocycles. The number of benzene rings is 1. The fraction of sp³-hybridized carbons (Fsp3) is 0.261. The van der Waals surface area contributed by atoms with Gasteiger partial charge in [0.2, 0.25) is 6.41 Å². The van der Waals surface area contributed by atoms with Crippen LogP contribution >= 0.6 is 0 Å². The van der Waals surface area contributed by atoms with Crippen molar-refractivity contribution in [2.45, 2.75) is 19.0 Å². The molecule has 0 unspecified atom stereocenters. The van der Waals surface area contributed by atoms with E-state index in [4.69, 9.17) is 9.15 Å². The van der Waals surface area contributed by atoms with Crippen LogP contribution in [0.3, 0.4) is 0 Å². The average molecular weight is 465 g/mol. The zero-order chi connectivity index (χ0) is 24.5. The summed E-state index contributed by atoms with van der Waals surface area (Å²) in [5.74, 6) is 0.280. The second-order valence-electron chi connectivity index (χ2n) is 8.00.